The first-order valence-electron chi connectivity index (χ1n) is 5.68. The molecular weight excluding hydrogens is 292 g/mol. The summed E-state index contributed by atoms with van der Waals surface area (Å²) in [5.41, 5.74) is 0.247. The van der Waals surface area contributed by atoms with Crippen molar-refractivity contribution in [3.8, 4) is 23.5 Å². The van der Waals surface area contributed by atoms with Crippen LogP contribution in [0, 0.1) is 22.7 Å². The topological polar surface area (TPSA) is 101 Å². The highest BCUT2D eigenvalue weighted by Crippen LogP contribution is 2.30. The number of benzene rings is 1. The summed E-state index contributed by atoms with van der Waals surface area (Å²) in [5.74, 6) is -0.710. The summed E-state index contributed by atoms with van der Waals surface area (Å²) >= 11 is 6.01. The second kappa shape index (κ2) is 5.96. The molecule has 1 heterocycles. The lowest BCUT2D eigenvalue weighted by molar-refractivity contribution is -0.255. The van der Waals surface area contributed by atoms with Crippen LogP contribution in [-0.4, -0.2) is 5.97 Å². The van der Waals surface area contributed by atoms with Crippen LogP contribution in [-0.2, 0) is 0 Å². The lowest BCUT2D eigenvalue weighted by Crippen LogP contribution is -2.22. The van der Waals surface area contributed by atoms with E-state index in [2.05, 4.69) is 0 Å². The van der Waals surface area contributed by atoms with E-state index in [1.807, 2.05) is 0 Å². The maximum absolute atomic E-state index is 10.9. The number of halogens is 1. The van der Waals surface area contributed by atoms with Gasteiger partial charge in [-0.3, -0.25) is 0 Å². The van der Waals surface area contributed by atoms with Crippen LogP contribution in [0.2, 0.25) is 5.02 Å². The summed E-state index contributed by atoms with van der Waals surface area (Å²) in [6, 6.07) is 10.6. The molecule has 5 nitrogen and oxygen atoms in total. The Morgan fingerprint density at radius 1 is 1.24 bits per heavy atom. The number of nitriles is 2. The highest BCUT2D eigenvalue weighted by Gasteiger charge is 2.10. The summed E-state index contributed by atoms with van der Waals surface area (Å²) in [5, 5.41) is 28.5. The maximum Gasteiger partial charge on any atom is 0.136 e. The number of carboxylic acid groups (broad SMARTS) is 1. The lowest BCUT2D eigenvalue weighted by Gasteiger charge is -2.06. The number of carbonyl (C=O) groups is 1. The predicted octanol–water partition coefficient (Wildman–Crippen LogP) is 2.39. The van der Waals surface area contributed by atoms with Crippen LogP contribution in [0.3, 0.4) is 0 Å². The molecule has 0 aliphatic heterocycles. The predicted molar refractivity (Wildman–Crippen MR) is 72.7 cm³/mol. The normalized spacial score (nSPS) is 9.48. The summed E-state index contributed by atoms with van der Waals surface area (Å²) in [6.45, 7) is 0. The standard InChI is InChI=1S/C15H7ClN2O3/c16-13-3-1-10(15(19)20)6-12(13)14-4-2-11(21-14)5-9(7-17)8-18/h1-6H,(H,19,20)/p-1. The van der Waals surface area contributed by atoms with Crippen molar-refractivity contribution < 1.29 is 14.3 Å². The van der Waals surface area contributed by atoms with E-state index in [1.165, 1.54) is 24.3 Å². The fourth-order valence-corrected chi connectivity index (χ4v) is 1.86. The largest absolute Gasteiger partial charge is 0.545 e. The van der Waals surface area contributed by atoms with E-state index >= 15 is 0 Å². The van der Waals surface area contributed by atoms with Crippen molar-refractivity contribution in [2.45, 2.75) is 0 Å². The van der Waals surface area contributed by atoms with E-state index in [4.69, 9.17) is 26.5 Å². The Morgan fingerprint density at radius 2 is 1.95 bits per heavy atom. The van der Waals surface area contributed by atoms with Gasteiger partial charge in [-0.1, -0.05) is 17.7 Å². The van der Waals surface area contributed by atoms with Gasteiger partial charge in [0.25, 0.3) is 0 Å². The van der Waals surface area contributed by atoms with Crippen LogP contribution in [0.5, 0.6) is 0 Å². The van der Waals surface area contributed by atoms with Crippen LogP contribution in [0.4, 0.5) is 0 Å². The second-order valence-electron chi connectivity index (χ2n) is 3.97. The molecule has 0 atom stereocenters. The summed E-state index contributed by atoms with van der Waals surface area (Å²) in [7, 11) is 0. The fraction of sp³-hybridized carbons (Fsp3) is 0. The van der Waals surface area contributed by atoms with Crippen LogP contribution in [0.1, 0.15) is 16.1 Å². The molecule has 0 amide bonds. The zero-order valence-electron chi connectivity index (χ0n) is 10.5. The van der Waals surface area contributed by atoms with Crippen molar-refractivity contribution >= 4 is 23.6 Å². The molecule has 2 aromatic rings. The van der Waals surface area contributed by atoms with E-state index in [-0.39, 0.29) is 16.9 Å². The van der Waals surface area contributed by atoms with E-state index in [9.17, 15) is 9.90 Å². The molecule has 6 heteroatoms. The van der Waals surface area contributed by atoms with E-state index in [0.717, 1.165) is 0 Å². The first-order chi connectivity index (χ1) is 10.0. The zero-order chi connectivity index (χ0) is 15.4. The van der Waals surface area contributed by atoms with Gasteiger partial charge in [0.2, 0.25) is 0 Å². The molecule has 0 saturated heterocycles. The van der Waals surface area contributed by atoms with Gasteiger partial charge in [0.1, 0.15) is 29.2 Å². The van der Waals surface area contributed by atoms with Gasteiger partial charge in [-0.2, -0.15) is 10.5 Å². The number of carbonyl (C=O) groups excluding carboxylic acids is 1. The number of rotatable bonds is 3. The number of aromatic carboxylic acids is 1. The number of hydrogen-bond acceptors (Lipinski definition) is 5. The molecule has 21 heavy (non-hydrogen) atoms. The molecular formula is C15H6ClN2O3-. The monoisotopic (exact) mass is 297 g/mol. The maximum atomic E-state index is 10.9. The first kappa shape index (κ1) is 14.4. The van der Waals surface area contributed by atoms with Crippen molar-refractivity contribution in [2.24, 2.45) is 0 Å². The Labute approximate surface area is 124 Å². The van der Waals surface area contributed by atoms with Crippen LogP contribution >= 0.6 is 11.6 Å². The quantitative estimate of drug-likeness (QED) is 0.810. The summed E-state index contributed by atoms with van der Waals surface area (Å²) in [4.78, 5) is 10.9. The Kier molecular flexibility index (Phi) is 4.08. The molecule has 0 aliphatic rings. The second-order valence-corrected chi connectivity index (χ2v) is 4.37. The summed E-state index contributed by atoms with van der Waals surface area (Å²) in [6.07, 6.45) is 1.28. The van der Waals surface area contributed by atoms with Gasteiger partial charge in [0.05, 0.1) is 11.0 Å². The molecule has 2 rings (SSSR count). The Bertz CT molecular complexity index is 806. The third kappa shape index (κ3) is 3.11. The minimum Gasteiger partial charge on any atom is -0.545 e. The molecule has 0 radical (unpaired) electrons. The van der Waals surface area contributed by atoms with Gasteiger partial charge < -0.3 is 14.3 Å². The third-order valence-electron chi connectivity index (χ3n) is 2.62. The number of hydrogen-bond donors (Lipinski definition) is 0. The van der Waals surface area contributed by atoms with E-state index in [1.54, 1.807) is 24.3 Å². The number of nitrogens with zero attached hydrogens (tertiary/aromatic N) is 2. The van der Waals surface area contributed by atoms with Crippen molar-refractivity contribution in [1.29, 1.82) is 10.5 Å². The molecule has 102 valence electrons. The molecule has 0 fully saturated rings. The molecule has 1 aromatic heterocycles. The molecule has 0 spiro atoms. The van der Waals surface area contributed by atoms with Crippen molar-refractivity contribution in [3.05, 3.63) is 52.3 Å². The summed E-state index contributed by atoms with van der Waals surface area (Å²) < 4.78 is 5.44. The fourth-order valence-electron chi connectivity index (χ4n) is 1.65. The van der Waals surface area contributed by atoms with Gasteiger partial charge in [0.15, 0.2) is 0 Å². The minimum absolute atomic E-state index is 0.0300. The highest BCUT2D eigenvalue weighted by atomic mass is 35.5. The lowest BCUT2D eigenvalue weighted by atomic mass is 10.1. The van der Waals surface area contributed by atoms with Gasteiger partial charge in [-0.15, -0.1) is 0 Å². The third-order valence-corrected chi connectivity index (χ3v) is 2.95. The Morgan fingerprint density at radius 3 is 2.57 bits per heavy atom. The molecule has 0 unspecified atom stereocenters. The minimum atomic E-state index is -1.32. The number of carboxylic acids is 1. The molecule has 0 bridgehead atoms. The number of furan rings is 1. The molecule has 1 aromatic carbocycles. The van der Waals surface area contributed by atoms with Gasteiger partial charge in [-0.05, 0) is 29.8 Å². The number of allylic oxidation sites excluding steroid dienone is 1. The first-order valence-corrected chi connectivity index (χ1v) is 6.06. The average molecular weight is 298 g/mol. The van der Waals surface area contributed by atoms with Crippen LogP contribution in [0.25, 0.3) is 17.4 Å². The van der Waals surface area contributed by atoms with Gasteiger partial charge >= 0.3 is 0 Å². The zero-order valence-corrected chi connectivity index (χ0v) is 11.2. The van der Waals surface area contributed by atoms with Crippen LogP contribution in [0.15, 0.2) is 40.3 Å². The Balaban J connectivity index is 2.46. The SMILES string of the molecule is N#CC(C#N)=Cc1ccc(-c2cc(C(=O)[O-])ccc2Cl)o1. The van der Waals surface area contributed by atoms with E-state index < -0.39 is 5.97 Å². The molecule has 0 aliphatic carbocycles. The van der Waals surface area contributed by atoms with Gasteiger partial charge in [0, 0.05) is 11.6 Å². The smallest absolute Gasteiger partial charge is 0.136 e. The Hall–Kier alpha value is -3.02. The van der Waals surface area contributed by atoms with Crippen molar-refractivity contribution in [1.82, 2.24) is 0 Å². The van der Waals surface area contributed by atoms with Crippen LogP contribution < -0.4 is 5.11 Å². The van der Waals surface area contributed by atoms with Crippen molar-refractivity contribution in [2.75, 3.05) is 0 Å². The molecule has 0 saturated carbocycles. The van der Waals surface area contributed by atoms with Crippen molar-refractivity contribution in [3.63, 3.8) is 0 Å². The van der Waals surface area contributed by atoms with E-state index in [0.29, 0.717) is 16.3 Å². The highest BCUT2D eigenvalue weighted by molar-refractivity contribution is 6.33. The molecule has 0 N–H and O–H groups in total. The van der Waals surface area contributed by atoms with Gasteiger partial charge in [-0.25, -0.2) is 0 Å². The average Bonchev–Trinajstić information content (AvgIpc) is 2.93.